The van der Waals surface area contributed by atoms with Gasteiger partial charge in [0.1, 0.15) is 11.5 Å². The number of hydrogen-bond donors (Lipinski definition) is 1. The molecule has 0 atom stereocenters. The van der Waals surface area contributed by atoms with Crippen molar-refractivity contribution in [2.45, 2.75) is 6.92 Å². The van der Waals surface area contributed by atoms with E-state index in [4.69, 9.17) is 4.74 Å². The fraction of sp³-hybridized carbons (Fsp3) is 0.154. The second-order valence-electron chi connectivity index (χ2n) is 3.90. The van der Waals surface area contributed by atoms with Crippen LogP contribution in [0.2, 0.25) is 0 Å². The van der Waals surface area contributed by atoms with Crippen molar-refractivity contribution in [1.29, 1.82) is 0 Å². The van der Waals surface area contributed by atoms with Gasteiger partial charge in [-0.2, -0.15) is 4.98 Å². The Morgan fingerprint density at radius 3 is 2.84 bits per heavy atom. The Balaban J connectivity index is 2.03. The predicted molar refractivity (Wildman–Crippen MR) is 68.2 cm³/mol. The lowest BCUT2D eigenvalue weighted by Crippen LogP contribution is -1.93. The number of ether oxygens (including phenoxy) is 1. The Morgan fingerprint density at radius 1 is 1.21 bits per heavy atom. The van der Waals surface area contributed by atoms with Crippen molar-refractivity contribution >= 4 is 11.2 Å². The van der Waals surface area contributed by atoms with Gasteiger partial charge in [-0.3, -0.25) is 0 Å². The fourth-order valence-corrected chi connectivity index (χ4v) is 1.74. The Morgan fingerprint density at radius 2 is 2.11 bits per heavy atom. The third-order valence-corrected chi connectivity index (χ3v) is 2.58. The topological polar surface area (TPSA) is 63.7 Å². The van der Waals surface area contributed by atoms with Crippen LogP contribution >= 0.6 is 0 Å². The quantitative estimate of drug-likeness (QED) is 0.784. The third-order valence-electron chi connectivity index (χ3n) is 2.58. The van der Waals surface area contributed by atoms with Crippen molar-refractivity contribution < 1.29 is 9.13 Å². The standard InChI is InChI=1S/C13H11FN4O/c1-2-19-11-6-5-10-13(17-11)18-12(16-10)9-4-3-8(14)7-15-9/h3-7H,2H2,1H3,(H,16,17,18). The van der Waals surface area contributed by atoms with Gasteiger partial charge in [-0.1, -0.05) is 0 Å². The highest BCUT2D eigenvalue weighted by Gasteiger charge is 2.08. The monoisotopic (exact) mass is 258 g/mol. The highest BCUT2D eigenvalue weighted by atomic mass is 19.1. The molecule has 0 aliphatic rings. The second kappa shape index (κ2) is 4.64. The number of pyridine rings is 2. The highest BCUT2D eigenvalue weighted by Crippen LogP contribution is 2.19. The molecule has 0 bridgehead atoms. The number of rotatable bonds is 3. The Bertz CT molecular complexity index is 708. The largest absolute Gasteiger partial charge is 0.478 e. The SMILES string of the molecule is CCOc1ccc2[nH]c(-c3ccc(F)cn3)nc2n1. The van der Waals surface area contributed by atoms with Gasteiger partial charge in [-0.15, -0.1) is 0 Å². The summed E-state index contributed by atoms with van der Waals surface area (Å²) in [5, 5.41) is 0. The zero-order valence-corrected chi connectivity index (χ0v) is 10.2. The van der Waals surface area contributed by atoms with Crippen molar-refractivity contribution in [2.24, 2.45) is 0 Å². The first-order valence-electron chi connectivity index (χ1n) is 5.88. The van der Waals surface area contributed by atoms with E-state index in [1.165, 1.54) is 6.07 Å². The first-order valence-corrected chi connectivity index (χ1v) is 5.88. The number of aromatic amines is 1. The summed E-state index contributed by atoms with van der Waals surface area (Å²) in [6, 6.07) is 6.52. The Hall–Kier alpha value is -2.50. The molecule has 0 aliphatic carbocycles. The molecule has 96 valence electrons. The normalized spacial score (nSPS) is 10.8. The maximum absolute atomic E-state index is 12.8. The smallest absolute Gasteiger partial charge is 0.215 e. The minimum atomic E-state index is -0.378. The van der Waals surface area contributed by atoms with E-state index < -0.39 is 0 Å². The summed E-state index contributed by atoms with van der Waals surface area (Å²) in [5.41, 5.74) is 1.90. The number of halogens is 1. The second-order valence-corrected chi connectivity index (χ2v) is 3.90. The minimum absolute atomic E-state index is 0.378. The molecule has 3 aromatic rings. The van der Waals surface area contributed by atoms with Crippen molar-refractivity contribution in [3.05, 3.63) is 36.3 Å². The van der Waals surface area contributed by atoms with Crippen LogP contribution in [0.3, 0.4) is 0 Å². The molecule has 0 unspecified atom stereocenters. The Kier molecular flexibility index (Phi) is 2.83. The van der Waals surface area contributed by atoms with Gasteiger partial charge in [-0.25, -0.2) is 14.4 Å². The molecular weight excluding hydrogens is 247 g/mol. The number of hydrogen-bond acceptors (Lipinski definition) is 4. The van der Waals surface area contributed by atoms with Crippen LogP contribution in [0, 0.1) is 5.82 Å². The number of H-pyrrole nitrogens is 1. The molecule has 19 heavy (non-hydrogen) atoms. The zero-order valence-electron chi connectivity index (χ0n) is 10.2. The van der Waals surface area contributed by atoms with Gasteiger partial charge in [-0.05, 0) is 25.1 Å². The molecule has 3 heterocycles. The molecule has 1 N–H and O–H groups in total. The fourth-order valence-electron chi connectivity index (χ4n) is 1.74. The van der Waals surface area contributed by atoms with Gasteiger partial charge in [0, 0.05) is 6.07 Å². The maximum atomic E-state index is 12.8. The van der Waals surface area contributed by atoms with Crippen LogP contribution in [0.4, 0.5) is 4.39 Å². The van der Waals surface area contributed by atoms with E-state index in [1.54, 1.807) is 12.1 Å². The van der Waals surface area contributed by atoms with Crippen LogP contribution in [0.15, 0.2) is 30.5 Å². The van der Waals surface area contributed by atoms with Crippen molar-refractivity contribution in [1.82, 2.24) is 19.9 Å². The lowest BCUT2D eigenvalue weighted by molar-refractivity contribution is 0.328. The molecule has 0 aliphatic heterocycles. The first-order chi connectivity index (χ1) is 9.26. The van der Waals surface area contributed by atoms with Gasteiger partial charge in [0.15, 0.2) is 11.5 Å². The summed E-state index contributed by atoms with van der Waals surface area (Å²) < 4.78 is 18.1. The van der Waals surface area contributed by atoms with Gasteiger partial charge in [0.2, 0.25) is 5.88 Å². The lowest BCUT2D eigenvalue weighted by Gasteiger charge is -1.99. The number of fused-ring (bicyclic) bond motifs is 1. The van der Waals surface area contributed by atoms with E-state index in [0.717, 1.165) is 11.7 Å². The van der Waals surface area contributed by atoms with E-state index in [2.05, 4.69) is 19.9 Å². The van der Waals surface area contributed by atoms with Gasteiger partial charge in [0.05, 0.1) is 18.3 Å². The zero-order chi connectivity index (χ0) is 13.2. The van der Waals surface area contributed by atoms with Crippen LogP contribution in [0.5, 0.6) is 5.88 Å². The molecule has 0 saturated heterocycles. The molecule has 0 amide bonds. The first kappa shape index (κ1) is 11.6. The number of aromatic nitrogens is 4. The van der Waals surface area contributed by atoms with Crippen LogP contribution < -0.4 is 4.74 Å². The van der Waals surface area contributed by atoms with E-state index >= 15 is 0 Å². The molecule has 6 heteroatoms. The summed E-state index contributed by atoms with van der Waals surface area (Å²) >= 11 is 0. The van der Waals surface area contributed by atoms with Crippen molar-refractivity contribution in [2.75, 3.05) is 6.61 Å². The number of nitrogens with zero attached hydrogens (tertiary/aromatic N) is 3. The minimum Gasteiger partial charge on any atom is -0.478 e. The van der Waals surface area contributed by atoms with Crippen molar-refractivity contribution in [3.63, 3.8) is 0 Å². The predicted octanol–water partition coefficient (Wildman–Crippen LogP) is 2.56. The molecule has 5 nitrogen and oxygen atoms in total. The highest BCUT2D eigenvalue weighted by molar-refractivity contribution is 5.75. The van der Waals surface area contributed by atoms with Crippen molar-refractivity contribution in [3.8, 4) is 17.4 Å². The number of nitrogens with one attached hydrogen (secondary N) is 1. The summed E-state index contributed by atoms with van der Waals surface area (Å²) in [6.45, 7) is 2.44. The Labute approximate surface area is 108 Å². The molecular formula is C13H11FN4O. The van der Waals surface area contributed by atoms with Crippen LogP contribution in [-0.4, -0.2) is 26.5 Å². The lowest BCUT2D eigenvalue weighted by atomic mass is 10.3. The van der Waals surface area contributed by atoms with Crippen LogP contribution in [0.25, 0.3) is 22.7 Å². The average Bonchev–Trinajstić information content (AvgIpc) is 2.83. The summed E-state index contributed by atoms with van der Waals surface area (Å²) in [4.78, 5) is 15.6. The summed E-state index contributed by atoms with van der Waals surface area (Å²) in [5.74, 6) is 0.702. The molecule has 3 aromatic heterocycles. The summed E-state index contributed by atoms with van der Waals surface area (Å²) in [7, 11) is 0. The summed E-state index contributed by atoms with van der Waals surface area (Å²) in [6.07, 6.45) is 1.15. The van der Waals surface area contributed by atoms with Crippen LogP contribution in [0.1, 0.15) is 6.92 Å². The molecule has 0 radical (unpaired) electrons. The molecule has 0 aromatic carbocycles. The maximum Gasteiger partial charge on any atom is 0.215 e. The third kappa shape index (κ3) is 2.24. The molecule has 0 saturated carbocycles. The molecule has 3 rings (SSSR count). The van der Waals surface area contributed by atoms with E-state index in [1.807, 2.05) is 13.0 Å². The average molecular weight is 258 g/mol. The van der Waals surface area contributed by atoms with E-state index in [-0.39, 0.29) is 5.82 Å². The molecule has 0 fully saturated rings. The van der Waals surface area contributed by atoms with E-state index in [0.29, 0.717) is 29.7 Å². The van der Waals surface area contributed by atoms with Gasteiger partial charge in [0.25, 0.3) is 0 Å². The van der Waals surface area contributed by atoms with E-state index in [9.17, 15) is 4.39 Å². The molecule has 0 spiro atoms. The number of imidazole rings is 1. The van der Waals surface area contributed by atoms with Crippen LogP contribution in [-0.2, 0) is 0 Å². The van der Waals surface area contributed by atoms with Gasteiger partial charge < -0.3 is 9.72 Å². The van der Waals surface area contributed by atoms with Gasteiger partial charge >= 0.3 is 0 Å².